The minimum absolute atomic E-state index is 0.129. The van der Waals surface area contributed by atoms with Gasteiger partial charge in [0.15, 0.2) is 16.7 Å². The Morgan fingerprint density at radius 2 is 2.04 bits per heavy atom. The standard InChI is InChI=1S/C19H19N5O2S/c1-12(2)10-24-17(15-8-5-9-26-15)22-23-19(24)27-11-16-20-14-7-4-3-6-13(14)18(25)21-16/h3-9,12H,10-11H2,1-2H3,(H,20,21,25). The molecule has 4 rings (SSSR count). The van der Waals surface area contributed by atoms with E-state index in [1.165, 1.54) is 11.8 Å². The van der Waals surface area contributed by atoms with Gasteiger partial charge in [-0.25, -0.2) is 4.98 Å². The van der Waals surface area contributed by atoms with Gasteiger partial charge in [-0.3, -0.25) is 9.36 Å². The van der Waals surface area contributed by atoms with Crippen molar-refractivity contribution in [3.05, 3.63) is 58.8 Å². The number of furan rings is 1. The Morgan fingerprint density at radius 1 is 1.19 bits per heavy atom. The zero-order valence-corrected chi connectivity index (χ0v) is 15.9. The van der Waals surface area contributed by atoms with Crippen LogP contribution in [0.3, 0.4) is 0 Å². The third kappa shape index (κ3) is 3.66. The highest BCUT2D eigenvalue weighted by molar-refractivity contribution is 7.98. The van der Waals surface area contributed by atoms with E-state index in [4.69, 9.17) is 4.42 Å². The second kappa shape index (κ2) is 7.40. The molecule has 1 aromatic carbocycles. The largest absolute Gasteiger partial charge is 0.461 e. The molecule has 8 heteroatoms. The molecule has 0 aliphatic heterocycles. The maximum atomic E-state index is 12.2. The van der Waals surface area contributed by atoms with E-state index in [1.807, 2.05) is 34.9 Å². The molecule has 138 valence electrons. The number of H-pyrrole nitrogens is 1. The summed E-state index contributed by atoms with van der Waals surface area (Å²) < 4.78 is 7.54. The molecule has 0 saturated carbocycles. The molecule has 27 heavy (non-hydrogen) atoms. The van der Waals surface area contributed by atoms with Gasteiger partial charge >= 0.3 is 0 Å². The highest BCUT2D eigenvalue weighted by atomic mass is 32.2. The van der Waals surface area contributed by atoms with Crippen molar-refractivity contribution in [2.75, 3.05) is 0 Å². The van der Waals surface area contributed by atoms with Crippen molar-refractivity contribution in [2.24, 2.45) is 5.92 Å². The number of rotatable bonds is 6. The minimum Gasteiger partial charge on any atom is -0.461 e. The Morgan fingerprint density at radius 3 is 2.81 bits per heavy atom. The molecule has 0 amide bonds. The van der Waals surface area contributed by atoms with Gasteiger partial charge in [0.1, 0.15) is 5.82 Å². The van der Waals surface area contributed by atoms with E-state index < -0.39 is 0 Å². The van der Waals surface area contributed by atoms with E-state index in [-0.39, 0.29) is 5.56 Å². The lowest BCUT2D eigenvalue weighted by molar-refractivity contribution is 0.489. The summed E-state index contributed by atoms with van der Waals surface area (Å²) in [5.41, 5.74) is 0.563. The predicted octanol–water partition coefficient (Wildman–Crippen LogP) is 3.72. The third-order valence-electron chi connectivity index (χ3n) is 4.01. The van der Waals surface area contributed by atoms with Crippen molar-refractivity contribution in [3.63, 3.8) is 0 Å². The molecular formula is C19H19N5O2S. The van der Waals surface area contributed by atoms with Gasteiger partial charge in [0.05, 0.1) is 22.9 Å². The predicted molar refractivity (Wildman–Crippen MR) is 104 cm³/mol. The van der Waals surface area contributed by atoms with Crippen LogP contribution in [0.15, 0.2) is 57.0 Å². The number of hydrogen-bond donors (Lipinski definition) is 1. The van der Waals surface area contributed by atoms with Crippen molar-refractivity contribution < 1.29 is 4.42 Å². The highest BCUT2D eigenvalue weighted by Gasteiger charge is 2.17. The molecule has 0 aliphatic carbocycles. The SMILES string of the molecule is CC(C)Cn1c(SCc2nc3ccccc3c(=O)[nH]2)nnc1-c1ccco1. The zero-order chi connectivity index (χ0) is 18.8. The Labute approximate surface area is 159 Å². The van der Waals surface area contributed by atoms with Gasteiger partial charge in [0.25, 0.3) is 5.56 Å². The first-order valence-corrected chi connectivity index (χ1v) is 9.68. The molecule has 0 spiro atoms. The van der Waals surface area contributed by atoms with Gasteiger partial charge in [0.2, 0.25) is 0 Å². The molecule has 0 atom stereocenters. The second-order valence-electron chi connectivity index (χ2n) is 6.61. The van der Waals surface area contributed by atoms with Crippen LogP contribution < -0.4 is 5.56 Å². The number of aromatic nitrogens is 5. The van der Waals surface area contributed by atoms with Crippen LogP contribution in [0.4, 0.5) is 0 Å². The van der Waals surface area contributed by atoms with E-state index in [1.54, 1.807) is 12.3 Å². The van der Waals surface area contributed by atoms with Crippen LogP contribution in [0.2, 0.25) is 0 Å². The highest BCUT2D eigenvalue weighted by Crippen LogP contribution is 2.27. The summed E-state index contributed by atoms with van der Waals surface area (Å²) >= 11 is 1.49. The topological polar surface area (TPSA) is 89.6 Å². The van der Waals surface area contributed by atoms with E-state index in [0.29, 0.717) is 40.0 Å². The number of thioether (sulfide) groups is 1. The Bertz CT molecular complexity index is 1110. The number of hydrogen-bond acceptors (Lipinski definition) is 6. The Hall–Kier alpha value is -2.87. The van der Waals surface area contributed by atoms with Crippen LogP contribution in [0, 0.1) is 5.92 Å². The molecule has 0 aliphatic rings. The first-order valence-electron chi connectivity index (χ1n) is 8.69. The minimum atomic E-state index is -0.129. The smallest absolute Gasteiger partial charge is 0.258 e. The van der Waals surface area contributed by atoms with E-state index in [2.05, 4.69) is 34.0 Å². The zero-order valence-electron chi connectivity index (χ0n) is 15.0. The van der Waals surface area contributed by atoms with Crippen LogP contribution in [0.5, 0.6) is 0 Å². The van der Waals surface area contributed by atoms with E-state index >= 15 is 0 Å². The van der Waals surface area contributed by atoms with Crippen LogP contribution in [-0.4, -0.2) is 24.7 Å². The summed E-state index contributed by atoms with van der Waals surface area (Å²) in [6.07, 6.45) is 1.63. The van der Waals surface area contributed by atoms with Crippen molar-refractivity contribution in [1.82, 2.24) is 24.7 Å². The van der Waals surface area contributed by atoms with Gasteiger partial charge in [0, 0.05) is 6.54 Å². The first-order chi connectivity index (χ1) is 13.1. The molecule has 7 nitrogen and oxygen atoms in total. The summed E-state index contributed by atoms with van der Waals surface area (Å²) in [7, 11) is 0. The first kappa shape index (κ1) is 17.5. The number of fused-ring (bicyclic) bond motifs is 1. The normalized spacial score (nSPS) is 11.5. The van der Waals surface area contributed by atoms with Crippen molar-refractivity contribution in [1.29, 1.82) is 0 Å². The fourth-order valence-electron chi connectivity index (χ4n) is 2.85. The maximum absolute atomic E-state index is 12.2. The molecule has 0 saturated heterocycles. The van der Waals surface area contributed by atoms with Crippen LogP contribution in [0.1, 0.15) is 19.7 Å². The van der Waals surface area contributed by atoms with Gasteiger partial charge < -0.3 is 9.40 Å². The third-order valence-corrected chi connectivity index (χ3v) is 4.98. The van der Waals surface area contributed by atoms with Crippen molar-refractivity contribution >= 4 is 22.7 Å². The molecule has 1 N–H and O–H groups in total. The lowest BCUT2D eigenvalue weighted by atomic mass is 10.2. The molecule has 0 unspecified atom stereocenters. The average Bonchev–Trinajstić information content (AvgIpc) is 3.29. The molecule has 4 aromatic rings. The number of para-hydroxylation sites is 1. The molecule has 3 aromatic heterocycles. The summed E-state index contributed by atoms with van der Waals surface area (Å²) in [5.74, 6) is 2.92. The molecule has 3 heterocycles. The van der Waals surface area contributed by atoms with Crippen LogP contribution >= 0.6 is 11.8 Å². The van der Waals surface area contributed by atoms with Gasteiger partial charge in [-0.2, -0.15) is 0 Å². The van der Waals surface area contributed by atoms with Crippen molar-refractivity contribution in [3.8, 4) is 11.6 Å². The summed E-state index contributed by atoms with van der Waals surface area (Å²) in [4.78, 5) is 19.6. The number of nitrogens with one attached hydrogen (secondary N) is 1. The fourth-order valence-corrected chi connectivity index (χ4v) is 3.67. The molecule has 0 fully saturated rings. The summed E-state index contributed by atoms with van der Waals surface area (Å²) in [5, 5.41) is 9.98. The van der Waals surface area contributed by atoms with Crippen LogP contribution in [0.25, 0.3) is 22.5 Å². The molecular weight excluding hydrogens is 362 g/mol. The number of aromatic amines is 1. The average molecular weight is 381 g/mol. The van der Waals surface area contributed by atoms with Crippen molar-refractivity contribution in [2.45, 2.75) is 31.3 Å². The lowest BCUT2D eigenvalue weighted by Crippen LogP contribution is -2.11. The summed E-state index contributed by atoms with van der Waals surface area (Å²) in [6.45, 7) is 5.05. The second-order valence-corrected chi connectivity index (χ2v) is 7.55. The van der Waals surface area contributed by atoms with E-state index in [9.17, 15) is 4.79 Å². The van der Waals surface area contributed by atoms with Gasteiger partial charge in [-0.05, 0) is 30.2 Å². The number of nitrogens with zero attached hydrogens (tertiary/aromatic N) is 4. The molecule has 0 bridgehead atoms. The quantitative estimate of drug-likeness (QED) is 0.512. The Kier molecular flexibility index (Phi) is 4.81. The molecule has 0 radical (unpaired) electrons. The van der Waals surface area contributed by atoms with Gasteiger partial charge in [-0.15, -0.1) is 10.2 Å². The fraction of sp³-hybridized carbons (Fsp3) is 0.263. The van der Waals surface area contributed by atoms with E-state index in [0.717, 1.165) is 11.7 Å². The number of benzene rings is 1. The monoisotopic (exact) mass is 381 g/mol. The van der Waals surface area contributed by atoms with Gasteiger partial charge in [-0.1, -0.05) is 37.7 Å². The Balaban J connectivity index is 1.62. The summed E-state index contributed by atoms with van der Waals surface area (Å²) in [6, 6.07) is 11.0. The van der Waals surface area contributed by atoms with Crippen LogP contribution in [-0.2, 0) is 12.3 Å². The maximum Gasteiger partial charge on any atom is 0.258 e. The lowest BCUT2D eigenvalue weighted by Gasteiger charge is -2.11.